The van der Waals surface area contributed by atoms with E-state index in [1.165, 1.54) is 22.5 Å². The van der Waals surface area contributed by atoms with E-state index in [1.807, 2.05) is 31.2 Å². The van der Waals surface area contributed by atoms with Gasteiger partial charge in [-0.1, -0.05) is 23.7 Å². The number of carbonyl (C=O) groups excluding carboxylic acids is 1. The average molecular weight is 423 g/mol. The highest BCUT2D eigenvalue weighted by Crippen LogP contribution is 2.28. The number of rotatable bonds is 7. The van der Waals surface area contributed by atoms with E-state index in [1.54, 1.807) is 0 Å². The number of hydrogen-bond acceptors (Lipinski definition) is 4. The minimum absolute atomic E-state index is 0.0259. The van der Waals surface area contributed by atoms with Crippen LogP contribution in [-0.2, 0) is 16.6 Å². The van der Waals surface area contributed by atoms with Crippen molar-refractivity contribution >= 4 is 27.5 Å². The zero-order chi connectivity index (χ0) is 20.1. The van der Waals surface area contributed by atoms with E-state index in [9.17, 15) is 13.2 Å². The molecular formula is C20H23ClN2O4S. The molecule has 1 aliphatic rings. The molecule has 0 spiro atoms. The number of carbonyl (C=O) groups is 1. The molecule has 1 amide bonds. The van der Waals surface area contributed by atoms with Crippen LogP contribution >= 0.6 is 11.6 Å². The number of benzene rings is 2. The molecule has 1 N–H and O–H groups in total. The second kappa shape index (κ2) is 8.94. The molecule has 6 nitrogen and oxygen atoms in total. The van der Waals surface area contributed by atoms with Crippen molar-refractivity contribution in [1.82, 2.24) is 9.62 Å². The minimum Gasteiger partial charge on any atom is -0.494 e. The molecule has 0 saturated carbocycles. The first-order valence-corrected chi connectivity index (χ1v) is 11.0. The van der Waals surface area contributed by atoms with Gasteiger partial charge in [-0.05, 0) is 55.7 Å². The number of halogens is 1. The van der Waals surface area contributed by atoms with Crippen LogP contribution in [0, 0.1) is 0 Å². The lowest BCUT2D eigenvalue weighted by Gasteiger charge is -2.17. The second-order valence-electron chi connectivity index (χ2n) is 6.52. The Morgan fingerprint density at radius 2 is 1.93 bits per heavy atom. The van der Waals surface area contributed by atoms with Crippen LogP contribution in [0.1, 0.15) is 35.7 Å². The van der Waals surface area contributed by atoms with Gasteiger partial charge in [-0.15, -0.1) is 0 Å². The summed E-state index contributed by atoms with van der Waals surface area (Å²) in [4.78, 5) is 12.5. The van der Waals surface area contributed by atoms with E-state index in [4.69, 9.17) is 16.3 Å². The second-order valence-corrected chi connectivity index (χ2v) is 8.83. The minimum atomic E-state index is -3.70. The fraction of sp³-hybridized carbons (Fsp3) is 0.350. The van der Waals surface area contributed by atoms with Crippen molar-refractivity contribution in [3.63, 3.8) is 0 Å². The molecule has 3 rings (SSSR count). The highest BCUT2D eigenvalue weighted by Gasteiger charge is 2.29. The third-order valence-electron chi connectivity index (χ3n) is 4.54. The molecule has 0 radical (unpaired) electrons. The maximum Gasteiger partial charge on any atom is 0.251 e. The number of nitrogens with zero attached hydrogens (tertiary/aromatic N) is 1. The molecule has 0 bridgehead atoms. The highest BCUT2D eigenvalue weighted by atomic mass is 35.5. The Hall–Kier alpha value is -2.09. The maximum atomic E-state index is 12.8. The van der Waals surface area contributed by atoms with Gasteiger partial charge in [0.15, 0.2) is 0 Å². The number of amides is 1. The molecular weight excluding hydrogens is 400 g/mol. The van der Waals surface area contributed by atoms with Gasteiger partial charge in [-0.3, -0.25) is 4.79 Å². The smallest absolute Gasteiger partial charge is 0.251 e. The molecule has 28 heavy (non-hydrogen) atoms. The summed E-state index contributed by atoms with van der Waals surface area (Å²) in [6.45, 7) is 3.73. The van der Waals surface area contributed by atoms with Gasteiger partial charge in [0.05, 0.1) is 11.6 Å². The first-order valence-electron chi connectivity index (χ1n) is 9.21. The summed E-state index contributed by atoms with van der Waals surface area (Å²) in [7, 11) is -3.70. The van der Waals surface area contributed by atoms with E-state index in [0.29, 0.717) is 26.2 Å². The Morgan fingerprint density at radius 1 is 1.18 bits per heavy atom. The Balaban J connectivity index is 1.75. The van der Waals surface area contributed by atoms with Crippen LogP contribution in [0.15, 0.2) is 47.4 Å². The SMILES string of the molecule is CCOc1cccc(CNC(=O)c2ccc(Cl)c(S(=O)(=O)N3CCCC3)c2)c1. The summed E-state index contributed by atoms with van der Waals surface area (Å²) < 4.78 is 32.5. The standard InChI is InChI=1S/C20H23ClN2O4S/c1-2-27-17-7-5-6-15(12-17)14-22-20(24)16-8-9-18(21)19(13-16)28(25,26)23-10-3-4-11-23/h5-9,12-13H,2-4,10-11,14H2,1H3,(H,22,24). The summed E-state index contributed by atoms with van der Waals surface area (Å²) in [6.07, 6.45) is 1.66. The molecule has 1 fully saturated rings. The fourth-order valence-corrected chi connectivity index (χ4v) is 5.12. The predicted molar refractivity (Wildman–Crippen MR) is 108 cm³/mol. The normalized spacial score (nSPS) is 14.8. The zero-order valence-corrected chi connectivity index (χ0v) is 17.2. The fourth-order valence-electron chi connectivity index (χ4n) is 3.11. The molecule has 2 aromatic carbocycles. The number of nitrogens with one attached hydrogen (secondary N) is 1. The Labute approximate surface area is 170 Å². The van der Waals surface area contributed by atoms with E-state index < -0.39 is 10.0 Å². The molecule has 2 aromatic rings. The van der Waals surface area contributed by atoms with Crippen molar-refractivity contribution in [1.29, 1.82) is 0 Å². The van der Waals surface area contributed by atoms with Crippen LogP contribution in [-0.4, -0.2) is 38.3 Å². The van der Waals surface area contributed by atoms with Crippen LogP contribution in [0.3, 0.4) is 0 Å². The molecule has 0 aliphatic carbocycles. The van der Waals surface area contributed by atoms with E-state index in [-0.39, 0.29) is 21.4 Å². The molecule has 0 atom stereocenters. The van der Waals surface area contributed by atoms with Crippen LogP contribution in [0.2, 0.25) is 5.02 Å². The lowest BCUT2D eigenvalue weighted by Crippen LogP contribution is -2.29. The summed E-state index contributed by atoms with van der Waals surface area (Å²) >= 11 is 6.13. The Kier molecular flexibility index (Phi) is 6.59. The molecule has 1 saturated heterocycles. The highest BCUT2D eigenvalue weighted by molar-refractivity contribution is 7.89. The monoisotopic (exact) mass is 422 g/mol. The quantitative estimate of drug-likeness (QED) is 0.741. The molecule has 0 unspecified atom stereocenters. The van der Waals surface area contributed by atoms with Gasteiger partial charge in [0.25, 0.3) is 5.91 Å². The largest absolute Gasteiger partial charge is 0.494 e. The van der Waals surface area contributed by atoms with Crippen LogP contribution in [0.4, 0.5) is 0 Å². The van der Waals surface area contributed by atoms with Crippen LogP contribution in [0.25, 0.3) is 0 Å². The van der Waals surface area contributed by atoms with Gasteiger partial charge in [0, 0.05) is 25.2 Å². The summed E-state index contributed by atoms with van der Waals surface area (Å²) in [6, 6.07) is 11.8. The van der Waals surface area contributed by atoms with Gasteiger partial charge in [0.2, 0.25) is 10.0 Å². The Bertz CT molecular complexity index is 956. The van der Waals surface area contributed by atoms with Crippen molar-refractivity contribution in [3.8, 4) is 5.75 Å². The average Bonchev–Trinajstić information content (AvgIpc) is 3.23. The Morgan fingerprint density at radius 3 is 2.64 bits per heavy atom. The number of sulfonamides is 1. The van der Waals surface area contributed by atoms with E-state index >= 15 is 0 Å². The van der Waals surface area contributed by atoms with Gasteiger partial charge in [-0.25, -0.2) is 8.42 Å². The van der Waals surface area contributed by atoms with Gasteiger partial charge in [0.1, 0.15) is 10.6 Å². The zero-order valence-electron chi connectivity index (χ0n) is 15.7. The predicted octanol–water partition coefficient (Wildman–Crippen LogP) is 3.45. The van der Waals surface area contributed by atoms with Crippen molar-refractivity contribution in [2.45, 2.75) is 31.2 Å². The molecule has 1 heterocycles. The van der Waals surface area contributed by atoms with Crippen LogP contribution < -0.4 is 10.1 Å². The van der Waals surface area contributed by atoms with E-state index in [2.05, 4.69) is 5.32 Å². The molecule has 0 aromatic heterocycles. The van der Waals surface area contributed by atoms with Crippen LogP contribution in [0.5, 0.6) is 5.75 Å². The molecule has 1 aliphatic heterocycles. The molecule has 150 valence electrons. The number of hydrogen-bond donors (Lipinski definition) is 1. The lowest BCUT2D eigenvalue weighted by atomic mass is 10.2. The first-order chi connectivity index (χ1) is 13.4. The molecule has 8 heteroatoms. The van der Waals surface area contributed by atoms with Gasteiger partial charge >= 0.3 is 0 Å². The maximum absolute atomic E-state index is 12.8. The lowest BCUT2D eigenvalue weighted by molar-refractivity contribution is 0.0950. The van der Waals surface area contributed by atoms with Crippen molar-refractivity contribution < 1.29 is 17.9 Å². The van der Waals surface area contributed by atoms with Gasteiger partial charge in [-0.2, -0.15) is 4.31 Å². The van der Waals surface area contributed by atoms with Crippen molar-refractivity contribution in [3.05, 3.63) is 58.6 Å². The topological polar surface area (TPSA) is 75.7 Å². The van der Waals surface area contributed by atoms with Crippen molar-refractivity contribution in [2.24, 2.45) is 0 Å². The summed E-state index contributed by atoms with van der Waals surface area (Å²) in [5, 5.41) is 2.92. The number of ether oxygens (including phenoxy) is 1. The van der Waals surface area contributed by atoms with Crippen molar-refractivity contribution in [2.75, 3.05) is 19.7 Å². The third kappa shape index (κ3) is 4.66. The first kappa shape index (κ1) is 20.6. The third-order valence-corrected chi connectivity index (χ3v) is 6.92. The summed E-state index contributed by atoms with van der Waals surface area (Å²) in [5.74, 6) is 0.371. The van der Waals surface area contributed by atoms with E-state index in [0.717, 1.165) is 24.2 Å². The summed E-state index contributed by atoms with van der Waals surface area (Å²) in [5.41, 5.74) is 1.14. The van der Waals surface area contributed by atoms with Gasteiger partial charge < -0.3 is 10.1 Å².